The maximum Gasteiger partial charge on any atom is 0.329 e. The van der Waals surface area contributed by atoms with Crippen LogP contribution < -0.4 is 20.3 Å². The third-order valence-electron chi connectivity index (χ3n) is 3.78. The van der Waals surface area contributed by atoms with Crippen LogP contribution in [0.15, 0.2) is 24.3 Å². The van der Waals surface area contributed by atoms with Gasteiger partial charge in [-0.05, 0) is 36.6 Å². The number of imide groups is 1. The fourth-order valence-electron chi connectivity index (χ4n) is 2.40. The average Bonchev–Trinajstić information content (AvgIpc) is 2.81. The van der Waals surface area contributed by atoms with Crippen LogP contribution in [0.4, 0.5) is 10.5 Å². The molecule has 1 aromatic rings. The largest absolute Gasteiger partial charge is 0.497 e. The number of hydrogen-bond donors (Lipinski definition) is 2. The van der Waals surface area contributed by atoms with E-state index in [1.807, 2.05) is 0 Å². The number of amides is 4. The van der Waals surface area contributed by atoms with Crippen molar-refractivity contribution in [1.29, 1.82) is 0 Å². The smallest absolute Gasteiger partial charge is 0.329 e. The molecule has 7 heteroatoms. The normalized spacial score (nSPS) is 17.2. The fourth-order valence-corrected chi connectivity index (χ4v) is 2.40. The third kappa shape index (κ3) is 4.24. The van der Waals surface area contributed by atoms with Crippen molar-refractivity contribution in [2.24, 2.45) is 5.92 Å². The van der Waals surface area contributed by atoms with Crippen LogP contribution in [0, 0.1) is 5.92 Å². The summed E-state index contributed by atoms with van der Waals surface area (Å²) >= 11 is 0. The van der Waals surface area contributed by atoms with E-state index in [4.69, 9.17) is 4.74 Å². The van der Waals surface area contributed by atoms with Gasteiger partial charge < -0.3 is 15.4 Å². The highest BCUT2D eigenvalue weighted by Crippen LogP contribution is 2.23. The van der Waals surface area contributed by atoms with Gasteiger partial charge in [0.2, 0.25) is 5.91 Å². The lowest BCUT2D eigenvalue weighted by Gasteiger charge is -2.13. The Morgan fingerprint density at radius 1 is 1.29 bits per heavy atom. The first-order valence-electron chi connectivity index (χ1n) is 7.97. The van der Waals surface area contributed by atoms with Crippen molar-refractivity contribution in [1.82, 2.24) is 10.6 Å². The highest BCUT2D eigenvalue weighted by Gasteiger charge is 2.39. The number of anilines is 1. The Balaban J connectivity index is 1.96. The van der Waals surface area contributed by atoms with Crippen LogP contribution in [-0.2, 0) is 9.59 Å². The van der Waals surface area contributed by atoms with E-state index in [2.05, 4.69) is 24.5 Å². The summed E-state index contributed by atoms with van der Waals surface area (Å²) in [6.07, 6.45) is 0.810. The number of benzene rings is 1. The predicted molar refractivity (Wildman–Crippen MR) is 89.9 cm³/mol. The topological polar surface area (TPSA) is 87.7 Å². The van der Waals surface area contributed by atoms with Gasteiger partial charge in [0.1, 0.15) is 11.8 Å². The van der Waals surface area contributed by atoms with Crippen LogP contribution >= 0.6 is 0 Å². The zero-order valence-electron chi connectivity index (χ0n) is 14.2. The summed E-state index contributed by atoms with van der Waals surface area (Å²) in [6, 6.07) is 5.23. The number of hydrogen-bond acceptors (Lipinski definition) is 4. The summed E-state index contributed by atoms with van der Waals surface area (Å²) in [5.41, 5.74) is 0.445. The van der Waals surface area contributed by atoms with Gasteiger partial charge in [0.05, 0.1) is 19.2 Å². The number of carbonyl (C=O) groups excluding carboxylic acids is 3. The Hall–Kier alpha value is -2.57. The molecule has 0 unspecified atom stereocenters. The molecule has 0 spiro atoms. The van der Waals surface area contributed by atoms with Crippen LogP contribution in [0.5, 0.6) is 5.75 Å². The Morgan fingerprint density at radius 2 is 1.96 bits per heavy atom. The number of ether oxygens (including phenoxy) is 1. The highest BCUT2D eigenvalue weighted by atomic mass is 16.5. The van der Waals surface area contributed by atoms with E-state index in [1.54, 1.807) is 24.3 Å². The first-order valence-corrected chi connectivity index (χ1v) is 7.97. The molecule has 0 saturated carbocycles. The van der Waals surface area contributed by atoms with Gasteiger partial charge in [0.15, 0.2) is 0 Å². The van der Waals surface area contributed by atoms with Gasteiger partial charge in [-0.3, -0.25) is 9.59 Å². The SMILES string of the molecule is COc1ccc(N2C(=O)N[C@@H](CC(=O)NCCC(C)C)C2=O)cc1. The van der Waals surface area contributed by atoms with Gasteiger partial charge in [-0.15, -0.1) is 0 Å². The van der Waals surface area contributed by atoms with E-state index in [-0.39, 0.29) is 12.3 Å². The minimum atomic E-state index is -0.835. The molecule has 1 aromatic carbocycles. The molecule has 1 saturated heterocycles. The molecule has 24 heavy (non-hydrogen) atoms. The van der Waals surface area contributed by atoms with E-state index in [0.29, 0.717) is 23.9 Å². The lowest BCUT2D eigenvalue weighted by molar-refractivity contribution is -0.125. The average molecular weight is 333 g/mol. The molecule has 1 atom stereocenters. The van der Waals surface area contributed by atoms with E-state index in [9.17, 15) is 14.4 Å². The van der Waals surface area contributed by atoms with E-state index < -0.39 is 18.0 Å². The predicted octanol–water partition coefficient (Wildman–Crippen LogP) is 1.67. The summed E-state index contributed by atoms with van der Waals surface area (Å²) in [6.45, 7) is 4.70. The van der Waals surface area contributed by atoms with Gasteiger partial charge in [-0.2, -0.15) is 0 Å². The zero-order chi connectivity index (χ0) is 17.7. The van der Waals surface area contributed by atoms with Crippen molar-refractivity contribution < 1.29 is 19.1 Å². The van der Waals surface area contributed by atoms with Crippen molar-refractivity contribution in [3.63, 3.8) is 0 Å². The second-order valence-corrected chi connectivity index (χ2v) is 6.11. The van der Waals surface area contributed by atoms with Crippen molar-refractivity contribution in [2.75, 3.05) is 18.6 Å². The molecule has 4 amide bonds. The third-order valence-corrected chi connectivity index (χ3v) is 3.78. The molecule has 1 aliphatic rings. The molecule has 2 N–H and O–H groups in total. The summed E-state index contributed by atoms with van der Waals surface area (Å²) in [7, 11) is 1.54. The lowest BCUT2D eigenvalue weighted by Crippen LogP contribution is -2.37. The first-order chi connectivity index (χ1) is 11.4. The van der Waals surface area contributed by atoms with E-state index in [0.717, 1.165) is 11.3 Å². The number of urea groups is 1. The number of rotatable bonds is 7. The van der Waals surface area contributed by atoms with Gasteiger partial charge in [-0.25, -0.2) is 9.69 Å². The molecule has 0 aromatic heterocycles. The van der Waals surface area contributed by atoms with Crippen molar-refractivity contribution in [2.45, 2.75) is 32.7 Å². The first kappa shape index (κ1) is 17.8. The van der Waals surface area contributed by atoms with Gasteiger partial charge >= 0.3 is 6.03 Å². The molecule has 0 aliphatic carbocycles. The number of carbonyl (C=O) groups is 3. The van der Waals surface area contributed by atoms with Crippen LogP contribution in [-0.4, -0.2) is 37.5 Å². The van der Waals surface area contributed by atoms with Crippen LogP contribution in [0.25, 0.3) is 0 Å². The quantitative estimate of drug-likeness (QED) is 0.743. The summed E-state index contributed by atoms with van der Waals surface area (Å²) in [4.78, 5) is 37.4. The van der Waals surface area contributed by atoms with E-state index >= 15 is 0 Å². The molecule has 1 aliphatic heterocycles. The van der Waals surface area contributed by atoms with E-state index in [1.165, 1.54) is 7.11 Å². The number of nitrogens with zero attached hydrogens (tertiary/aromatic N) is 1. The summed E-state index contributed by atoms with van der Waals surface area (Å²) in [5, 5.41) is 5.32. The van der Waals surface area contributed by atoms with Crippen LogP contribution in [0.1, 0.15) is 26.7 Å². The number of nitrogens with one attached hydrogen (secondary N) is 2. The summed E-state index contributed by atoms with van der Waals surface area (Å²) < 4.78 is 5.06. The molecule has 0 bridgehead atoms. The Bertz CT molecular complexity index is 613. The van der Waals surface area contributed by atoms with Crippen molar-refractivity contribution >= 4 is 23.5 Å². The second kappa shape index (κ2) is 7.81. The highest BCUT2D eigenvalue weighted by molar-refractivity contribution is 6.22. The molecule has 2 rings (SSSR count). The molecular formula is C17H23N3O4. The molecular weight excluding hydrogens is 310 g/mol. The fraction of sp³-hybridized carbons (Fsp3) is 0.471. The standard InChI is InChI=1S/C17H23N3O4/c1-11(2)8-9-18-15(21)10-14-16(22)20(17(23)19-14)12-4-6-13(24-3)7-5-12/h4-7,11,14H,8-10H2,1-3H3,(H,18,21)(H,19,23)/t14-/m0/s1. The minimum Gasteiger partial charge on any atom is -0.497 e. The Morgan fingerprint density at radius 3 is 2.54 bits per heavy atom. The zero-order valence-corrected chi connectivity index (χ0v) is 14.2. The maximum atomic E-state index is 12.4. The molecule has 1 fully saturated rings. The van der Waals surface area contributed by atoms with Crippen LogP contribution in [0.3, 0.4) is 0 Å². The van der Waals surface area contributed by atoms with Crippen molar-refractivity contribution in [3.8, 4) is 5.75 Å². The Kier molecular flexibility index (Phi) is 5.78. The molecule has 7 nitrogen and oxygen atoms in total. The summed E-state index contributed by atoms with van der Waals surface area (Å²) in [5.74, 6) is 0.450. The Labute approximate surface area is 141 Å². The van der Waals surface area contributed by atoms with Gasteiger partial charge in [0.25, 0.3) is 5.91 Å². The molecule has 0 radical (unpaired) electrons. The monoisotopic (exact) mass is 333 g/mol. The lowest BCUT2D eigenvalue weighted by atomic mass is 10.1. The van der Waals surface area contributed by atoms with Gasteiger partial charge in [0, 0.05) is 6.54 Å². The van der Waals surface area contributed by atoms with Crippen molar-refractivity contribution in [3.05, 3.63) is 24.3 Å². The van der Waals surface area contributed by atoms with Crippen LogP contribution in [0.2, 0.25) is 0 Å². The minimum absolute atomic E-state index is 0.0602. The number of methoxy groups -OCH3 is 1. The second-order valence-electron chi connectivity index (χ2n) is 6.11. The molecule has 1 heterocycles. The maximum absolute atomic E-state index is 12.4. The molecule has 130 valence electrons. The van der Waals surface area contributed by atoms with Gasteiger partial charge in [-0.1, -0.05) is 13.8 Å².